The fourth-order valence-electron chi connectivity index (χ4n) is 2.82. The largest absolute Gasteiger partial charge is 0.354 e. The summed E-state index contributed by atoms with van der Waals surface area (Å²) in [7, 11) is 0. The van der Waals surface area contributed by atoms with E-state index >= 15 is 0 Å². The van der Waals surface area contributed by atoms with E-state index in [0.29, 0.717) is 0 Å². The van der Waals surface area contributed by atoms with Crippen LogP contribution in [0.5, 0.6) is 0 Å². The van der Waals surface area contributed by atoms with Crippen LogP contribution in [0.3, 0.4) is 0 Å². The monoisotopic (exact) mass is 386 g/mol. The summed E-state index contributed by atoms with van der Waals surface area (Å²) >= 11 is 1.68. The van der Waals surface area contributed by atoms with Crippen molar-refractivity contribution in [3.8, 4) is 0 Å². The van der Waals surface area contributed by atoms with Crippen LogP contribution >= 0.6 is 11.3 Å². The van der Waals surface area contributed by atoms with E-state index in [1.54, 1.807) is 11.3 Å². The number of nitrogens with one attached hydrogen (secondary N) is 1. The van der Waals surface area contributed by atoms with Gasteiger partial charge in [-0.05, 0) is 59.1 Å². The summed E-state index contributed by atoms with van der Waals surface area (Å²) < 4.78 is 0. The van der Waals surface area contributed by atoms with Crippen molar-refractivity contribution >= 4 is 22.7 Å². The molecule has 27 heavy (non-hydrogen) atoms. The zero-order valence-corrected chi connectivity index (χ0v) is 19.7. The highest BCUT2D eigenvalue weighted by Gasteiger charge is 2.11. The zero-order chi connectivity index (χ0) is 21.1. The molecule has 2 nitrogen and oxygen atoms in total. The predicted molar refractivity (Wildman–Crippen MR) is 126 cm³/mol. The minimum atomic E-state index is 0.929. The molecular weight excluding hydrogens is 348 g/mol. The summed E-state index contributed by atoms with van der Waals surface area (Å²) in [5.74, 6) is 0. The van der Waals surface area contributed by atoms with Crippen LogP contribution in [0.4, 0.5) is 5.69 Å². The van der Waals surface area contributed by atoms with Gasteiger partial charge >= 0.3 is 0 Å². The van der Waals surface area contributed by atoms with Crippen LogP contribution in [-0.2, 0) is 0 Å². The number of benzene rings is 1. The average molecular weight is 387 g/mol. The van der Waals surface area contributed by atoms with Gasteiger partial charge in [0.1, 0.15) is 0 Å². The number of nitrogens with zero attached hydrogens (tertiary/aromatic N) is 1. The standard InChI is InChI=1S/C16H20N2S.C6H12.C2H6/c1-9-7-10(2)15(11(3)8-9)18-13(5)16-12(4)17-14(6)19-16;1-4-5-6(2)3;1-2/h7-8,18H,5H2,1-4,6H3;2,4-5H2,1,3H3;1-2H3. The summed E-state index contributed by atoms with van der Waals surface area (Å²) in [6, 6.07) is 4.38. The fourth-order valence-corrected chi connectivity index (χ4v) is 3.67. The van der Waals surface area contributed by atoms with Crippen LogP contribution in [0.1, 0.15) is 72.8 Å². The first kappa shape index (κ1) is 25.1. The molecule has 0 atom stereocenters. The molecule has 3 heteroatoms. The molecule has 0 radical (unpaired) electrons. The van der Waals surface area contributed by atoms with Crippen molar-refractivity contribution < 1.29 is 0 Å². The van der Waals surface area contributed by atoms with Gasteiger partial charge in [0.05, 0.1) is 21.3 Å². The Morgan fingerprint density at radius 1 is 1.04 bits per heavy atom. The summed E-state index contributed by atoms with van der Waals surface area (Å²) in [5, 5.41) is 4.53. The first-order chi connectivity index (χ1) is 12.6. The van der Waals surface area contributed by atoms with Gasteiger partial charge in [-0.25, -0.2) is 4.98 Å². The second-order valence-corrected chi connectivity index (χ2v) is 7.93. The number of hydrogen-bond donors (Lipinski definition) is 1. The van der Waals surface area contributed by atoms with Crippen LogP contribution in [0.15, 0.2) is 30.9 Å². The Morgan fingerprint density at radius 2 is 1.56 bits per heavy atom. The third-order valence-corrected chi connectivity index (χ3v) is 4.94. The SMILES string of the molecule is C=C(C)CCC.C=C(Nc1c(C)cc(C)cc1C)c1sc(C)nc1C.CC. The van der Waals surface area contributed by atoms with Gasteiger partial charge in [-0.15, -0.1) is 17.9 Å². The molecular formula is C24H38N2S. The molecule has 1 N–H and O–H groups in total. The topological polar surface area (TPSA) is 24.9 Å². The molecule has 0 saturated heterocycles. The number of rotatable bonds is 5. The van der Waals surface area contributed by atoms with Crippen LogP contribution in [0, 0.1) is 34.6 Å². The van der Waals surface area contributed by atoms with E-state index in [2.05, 4.69) is 70.2 Å². The first-order valence-corrected chi connectivity index (χ1v) is 10.6. The molecule has 150 valence electrons. The second kappa shape index (κ2) is 12.5. The molecule has 1 heterocycles. The Labute approximate surface area is 171 Å². The van der Waals surface area contributed by atoms with E-state index in [1.165, 1.54) is 35.1 Å². The van der Waals surface area contributed by atoms with Crippen LogP contribution in [0.25, 0.3) is 5.70 Å². The number of aromatic nitrogens is 1. The van der Waals surface area contributed by atoms with Crippen molar-refractivity contribution in [2.75, 3.05) is 5.32 Å². The lowest BCUT2D eigenvalue weighted by atomic mass is 10.0. The molecule has 0 unspecified atom stereocenters. The lowest BCUT2D eigenvalue weighted by Gasteiger charge is -2.15. The fraction of sp³-hybridized carbons (Fsp3) is 0.458. The van der Waals surface area contributed by atoms with Crippen molar-refractivity contribution in [3.63, 3.8) is 0 Å². The zero-order valence-electron chi connectivity index (χ0n) is 18.8. The Hall–Kier alpha value is -1.87. The molecule has 0 saturated carbocycles. The van der Waals surface area contributed by atoms with Crippen LogP contribution in [0.2, 0.25) is 0 Å². The molecule has 0 aliphatic rings. The van der Waals surface area contributed by atoms with Gasteiger partial charge in [-0.1, -0.05) is 57.0 Å². The summed E-state index contributed by atoms with van der Waals surface area (Å²) in [6.45, 7) is 26.5. The first-order valence-electron chi connectivity index (χ1n) is 9.78. The molecule has 0 bridgehead atoms. The minimum Gasteiger partial charge on any atom is -0.354 e. The number of thiazole rings is 1. The molecule has 2 rings (SSSR count). The van der Waals surface area contributed by atoms with Crippen molar-refractivity contribution in [1.29, 1.82) is 0 Å². The second-order valence-electron chi connectivity index (χ2n) is 6.73. The van der Waals surface area contributed by atoms with Crippen LogP contribution in [-0.4, -0.2) is 4.98 Å². The maximum atomic E-state index is 4.45. The molecule has 0 amide bonds. The van der Waals surface area contributed by atoms with Gasteiger partial charge in [-0.2, -0.15) is 0 Å². The quantitative estimate of drug-likeness (QED) is 0.524. The van der Waals surface area contributed by atoms with Gasteiger partial charge in [0.15, 0.2) is 0 Å². The van der Waals surface area contributed by atoms with Crippen LogP contribution < -0.4 is 5.32 Å². The molecule has 0 spiro atoms. The maximum absolute atomic E-state index is 4.45. The van der Waals surface area contributed by atoms with E-state index in [4.69, 9.17) is 0 Å². The maximum Gasteiger partial charge on any atom is 0.0904 e. The molecule has 2 aromatic rings. The Balaban J connectivity index is 0.000000722. The molecule has 0 fully saturated rings. The van der Waals surface area contributed by atoms with Gasteiger partial charge in [0, 0.05) is 5.69 Å². The predicted octanol–water partition coefficient (Wildman–Crippen LogP) is 8.16. The molecule has 1 aromatic heterocycles. The number of hydrogen-bond acceptors (Lipinski definition) is 3. The summed E-state index contributed by atoms with van der Waals surface area (Å²) in [5.41, 5.74) is 8.20. The average Bonchev–Trinajstić information content (AvgIpc) is 2.91. The Morgan fingerprint density at radius 3 is 1.89 bits per heavy atom. The van der Waals surface area contributed by atoms with E-state index in [9.17, 15) is 0 Å². The third kappa shape index (κ3) is 8.57. The highest BCUT2D eigenvalue weighted by molar-refractivity contribution is 7.12. The van der Waals surface area contributed by atoms with E-state index in [0.717, 1.165) is 27.0 Å². The lowest BCUT2D eigenvalue weighted by Crippen LogP contribution is -2.01. The Kier molecular flexibility index (Phi) is 11.6. The van der Waals surface area contributed by atoms with Crippen molar-refractivity contribution in [2.45, 2.75) is 75.2 Å². The summed E-state index contributed by atoms with van der Waals surface area (Å²) in [6.07, 6.45) is 2.41. The molecule has 0 aliphatic heterocycles. The molecule has 1 aromatic carbocycles. The highest BCUT2D eigenvalue weighted by Crippen LogP contribution is 2.29. The van der Waals surface area contributed by atoms with E-state index in [1.807, 2.05) is 27.7 Å². The van der Waals surface area contributed by atoms with E-state index in [-0.39, 0.29) is 0 Å². The highest BCUT2D eigenvalue weighted by atomic mass is 32.1. The normalized spacial score (nSPS) is 9.52. The van der Waals surface area contributed by atoms with Gasteiger partial charge in [-0.3, -0.25) is 0 Å². The number of allylic oxidation sites excluding steroid dienone is 1. The Bertz CT molecular complexity index is 731. The van der Waals surface area contributed by atoms with Crippen molar-refractivity contribution in [3.05, 3.63) is 63.1 Å². The van der Waals surface area contributed by atoms with Crippen molar-refractivity contribution in [1.82, 2.24) is 4.98 Å². The lowest BCUT2D eigenvalue weighted by molar-refractivity contribution is 0.910. The smallest absolute Gasteiger partial charge is 0.0904 e. The van der Waals surface area contributed by atoms with Crippen molar-refractivity contribution in [2.24, 2.45) is 0 Å². The number of aryl methyl sites for hydroxylation is 5. The van der Waals surface area contributed by atoms with Gasteiger partial charge < -0.3 is 5.32 Å². The number of anilines is 1. The van der Waals surface area contributed by atoms with Gasteiger partial charge in [0.25, 0.3) is 0 Å². The summed E-state index contributed by atoms with van der Waals surface area (Å²) in [4.78, 5) is 5.59. The molecule has 0 aliphatic carbocycles. The van der Waals surface area contributed by atoms with Gasteiger partial charge in [0.2, 0.25) is 0 Å². The third-order valence-electron chi connectivity index (χ3n) is 3.81. The van der Waals surface area contributed by atoms with E-state index < -0.39 is 0 Å². The minimum absolute atomic E-state index is 0.929.